The lowest BCUT2D eigenvalue weighted by Gasteiger charge is -2.15. The number of carboxylic acids is 1. The number of halogens is 6. The van der Waals surface area contributed by atoms with E-state index in [4.69, 9.17) is 5.11 Å². The van der Waals surface area contributed by atoms with Crippen molar-refractivity contribution in [2.45, 2.75) is 19.3 Å². The Labute approximate surface area is 136 Å². The summed E-state index contributed by atoms with van der Waals surface area (Å²) >= 11 is 0. The number of hydrogen-bond acceptors (Lipinski definition) is 4. The summed E-state index contributed by atoms with van der Waals surface area (Å²) in [6, 6.07) is 3.08. The van der Waals surface area contributed by atoms with Crippen LogP contribution in [-0.4, -0.2) is 21.0 Å². The molecule has 0 unspecified atom stereocenters. The van der Waals surface area contributed by atoms with Crippen LogP contribution in [0.1, 0.15) is 27.2 Å². The summed E-state index contributed by atoms with van der Waals surface area (Å²) < 4.78 is 77.3. The molecule has 0 bridgehead atoms. The molecule has 0 saturated heterocycles. The smallest absolute Gasteiger partial charge is 0.434 e. The van der Waals surface area contributed by atoms with Crippen molar-refractivity contribution in [3.05, 3.63) is 46.8 Å². The maximum atomic E-state index is 12.9. The van der Waals surface area contributed by atoms with Crippen molar-refractivity contribution < 1.29 is 36.2 Å². The van der Waals surface area contributed by atoms with Gasteiger partial charge >= 0.3 is 18.3 Å². The van der Waals surface area contributed by atoms with Crippen LogP contribution in [0.2, 0.25) is 0 Å². The molecule has 11 heteroatoms. The third-order valence-corrected chi connectivity index (χ3v) is 3.17. The second kappa shape index (κ2) is 6.22. The van der Waals surface area contributed by atoms with Gasteiger partial charge in [-0.05, 0) is 24.6 Å². The molecule has 0 aliphatic carbocycles. The molecule has 1 aromatic heterocycles. The van der Waals surface area contributed by atoms with Crippen LogP contribution in [0.4, 0.5) is 38.0 Å². The summed E-state index contributed by atoms with van der Waals surface area (Å²) in [6.45, 7) is 1.13. The van der Waals surface area contributed by atoms with E-state index in [1.165, 1.54) is 6.07 Å². The predicted octanol–water partition coefficient (Wildman–Crippen LogP) is 4.26. The molecule has 0 amide bonds. The van der Waals surface area contributed by atoms with Gasteiger partial charge in [0.15, 0.2) is 5.69 Å². The van der Waals surface area contributed by atoms with Crippen LogP contribution >= 0.6 is 0 Å². The Kier molecular flexibility index (Phi) is 4.60. The number of hydrogen-bond donors (Lipinski definition) is 2. The highest BCUT2D eigenvalue weighted by atomic mass is 19.4. The van der Waals surface area contributed by atoms with E-state index in [1.807, 2.05) is 0 Å². The molecule has 0 aliphatic heterocycles. The molecular weight excluding hydrogens is 356 g/mol. The van der Waals surface area contributed by atoms with E-state index in [-0.39, 0.29) is 11.3 Å². The van der Waals surface area contributed by atoms with Gasteiger partial charge in [0.2, 0.25) is 5.95 Å². The molecule has 0 aliphatic rings. The van der Waals surface area contributed by atoms with Gasteiger partial charge in [-0.2, -0.15) is 26.3 Å². The number of aromatic nitrogens is 2. The number of anilines is 2. The fraction of sp³-hybridized carbons (Fsp3) is 0.214. The topological polar surface area (TPSA) is 75.1 Å². The third-order valence-electron chi connectivity index (χ3n) is 3.17. The molecule has 134 valence electrons. The average Bonchev–Trinajstić information content (AvgIpc) is 2.47. The first-order chi connectivity index (χ1) is 11.4. The molecule has 2 rings (SSSR count). The monoisotopic (exact) mass is 365 g/mol. The Morgan fingerprint density at radius 3 is 2.28 bits per heavy atom. The van der Waals surface area contributed by atoms with Gasteiger partial charge < -0.3 is 10.4 Å². The highest BCUT2D eigenvalue weighted by molar-refractivity contribution is 5.88. The molecule has 5 nitrogen and oxygen atoms in total. The van der Waals surface area contributed by atoms with Crippen LogP contribution in [0.5, 0.6) is 0 Å². The summed E-state index contributed by atoms with van der Waals surface area (Å²) in [6.07, 6.45) is -9.29. The minimum Gasteiger partial charge on any atom is -0.478 e. The number of nitrogens with one attached hydrogen (secondary N) is 1. The Morgan fingerprint density at radius 2 is 1.76 bits per heavy atom. The Morgan fingerprint density at radius 1 is 1.12 bits per heavy atom. The first-order valence-corrected chi connectivity index (χ1v) is 6.52. The van der Waals surface area contributed by atoms with Crippen molar-refractivity contribution in [3.63, 3.8) is 0 Å². The van der Waals surface area contributed by atoms with Crippen molar-refractivity contribution in [3.8, 4) is 0 Å². The Hall–Kier alpha value is -2.85. The van der Waals surface area contributed by atoms with Crippen molar-refractivity contribution >= 4 is 17.6 Å². The number of nitrogens with zero attached hydrogens (tertiary/aromatic N) is 2. The summed E-state index contributed by atoms with van der Waals surface area (Å²) in [7, 11) is 0. The molecule has 0 saturated carbocycles. The van der Waals surface area contributed by atoms with E-state index >= 15 is 0 Å². The number of benzene rings is 1. The van der Waals surface area contributed by atoms with Gasteiger partial charge in [-0.3, -0.25) is 0 Å². The first kappa shape index (κ1) is 18.5. The zero-order valence-corrected chi connectivity index (χ0v) is 12.3. The van der Waals surface area contributed by atoms with Gasteiger partial charge in [0, 0.05) is 11.9 Å². The van der Waals surface area contributed by atoms with Crippen molar-refractivity contribution in [1.29, 1.82) is 0 Å². The highest BCUT2D eigenvalue weighted by Gasteiger charge is 2.38. The van der Waals surface area contributed by atoms with Crippen LogP contribution in [0, 0.1) is 6.92 Å². The molecule has 0 spiro atoms. The Balaban J connectivity index is 2.47. The molecular formula is C14H9F6N3O2. The van der Waals surface area contributed by atoms with Gasteiger partial charge in [-0.15, -0.1) is 0 Å². The number of rotatable bonds is 3. The standard InChI is InChI=1S/C14H9F6N3O2/c1-6-8(13(15,16)17)3-2-4-9(6)22-12-21-5-7(11(24)25)10(23-12)14(18,19)20/h2-5H,1H3,(H,24,25)(H,21,22,23). The number of carbonyl (C=O) groups is 1. The van der Waals surface area contributed by atoms with E-state index in [2.05, 4.69) is 15.3 Å². The maximum absolute atomic E-state index is 12.9. The van der Waals surface area contributed by atoms with Gasteiger partial charge in [0.1, 0.15) is 5.56 Å². The third kappa shape index (κ3) is 3.98. The van der Waals surface area contributed by atoms with Crippen molar-refractivity contribution in [1.82, 2.24) is 9.97 Å². The molecule has 2 aromatic rings. The van der Waals surface area contributed by atoms with E-state index in [1.54, 1.807) is 0 Å². The molecule has 1 heterocycles. The fourth-order valence-corrected chi connectivity index (χ4v) is 2.01. The van der Waals surface area contributed by atoms with Crippen LogP contribution in [0.15, 0.2) is 24.4 Å². The fourth-order valence-electron chi connectivity index (χ4n) is 2.01. The zero-order valence-electron chi connectivity index (χ0n) is 12.3. The molecule has 1 aromatic carbocycles. The van der Waals surface area contributed by atoms with Crippen LogP contribution in [0.3, 0.4) is 0 Å². The lowest BCUT2D eigenvalue weighted by molar-refractivity contribution is -0.141. The number of carboxylic acid groups (broad SMARTS) is 1. The summed E-state index contributed by atoms with van der Waals surface area (Å²) in [5.41, 5.74) is -4.28. The van der Waals surface area contributed by atoms with Gasteiger partial charge in [-0.25, -0.2) is 14.8 Å². The largest absolute Gasteiger partial charge is 0.478 e. The summed E-state index contributed by atoms with van der Waals surface area (Å²) in [5.74, 6) is -2.56. The minimum absolute atomic E-state index is 0.161. The van der Waals surface area contributed by atoms with E-state index < -0.39 is 41.1 Å². The van der Waals surface area contributed by atoms with Crippen molar-refractivity contribution in [2.24, 2.45) is 0 Å². The zero-order chi connectivity index (χ0) is 19.0. The van der Waals surface area contributed by atoms with E-state index in [0.29, 0.717) is 6.20 Å². The highest BCUT2D eigenvalue weighted by Crippen LogP contribution is 2.35. The van der Waals surface area contributed by atoms with Crippen LogP contribution < -0.4 is 5.32 Å². The van der Waals surface area contributed by atoms with Gasteiger partial charge in [0.05, 0.1) is 5.56 Å². The normalized spacial score (nSPS) is 12.1. The maximum Gasteiger partial charge on any atom is 0.434 e. The molecule has 0 radical (unpaired) electrons. The minimum atomic E-state index is -5.07. The molecule has 0 fully saturated rings. The molecule has 0 atom stereocenters. The Bertz CT molecular complexity index is 817. The van der Waals surface area contributed by atoms with E-state index in [9.17, 15) is 31.1 Å². The predicted molar refractivity (Wildman–Crippen MR) is 73.5 cm³/mol. The van der Waals surface area contributed by atoms with Crippen LogP contribution in [0.25, 0.3) is 0 Å². The van der Waals surface area contributed by atoms with Gasteiger partial charge in [0.25, 0.3) is 0 Å². The molecule has 2 N–H and O–H groups in total. The lowest BCUT2D eigenvalue weighted by Crippen LogP contribution is -2.17. The first-order valence-electron chi connectivity index (χ1n) is 6.52. The quantitative estimate of drug-likeness (QED) is 0.795. The second-order valence-corrected chi connectivity index (χ2v) is 4.86. The number of aromatic carboxylic acids is 1. The van der Waals surface area contributed by atoms with Crippen LogP contribution in [-0.2, 0) is 12.4 Å². The average molecular weight is 365 g/mol. The molecule has 25 heavy (non-hydrogen) atoms. The van der Waals surface area contributed by atoms with Gasteiger partial charge in [-0.1, -0.05) is 6.07 Å². The lowest BCUT2D eigenvalue weighted by atomic mass is 10.1. The van der Waals surface area contributed by atoms with Crippen molar-refractivity contribution in [2.75, 3.05) is 5.32 Å². The second-order valence-electron chi connectivity index (χ2n) is 4.86. The number of alkyl halides is 6. The SMILES string of the molecule is Cc1c(Nc2ncc(C(=O)O)c(C(F)(F)F)n2)cccc1C(F)(F)F. The summed E-state index contributed by atoms with van der Waals surface area (Å²) in [4.78, 5) is 17.3. The summed E-state index contributed by atoms with van der Waals surface area (Å²) in [5, 5.41) is 11.0. The van der Waals surface area contributed by atoms with E-state index in [0.717, 1.165) is 19.1 Å².